The molecule has 0 saturated carbocycles. The van der Waals surface area contributed by atoms with E-state index in [9.17, 15) is 22.0 Å². The van der Waals surface area contributed by atoms with Gasteiger partial charge < -0.3 is 10.1 Å². The summed E-state index contributed by atoms with van der Waals surface area (Å²) in [5, 5.41) is 2.55. The van der Waals surface area contributed by atoms with Gasteiger partial charge in [0.25, 0.3) is 16.1 Å². The van der Waals surface area contributed by atoms with Gasteiger partial charge in [-0.2, -0.15) is 8.42 Å². The van der Waals surface area contributed by atoms with Crippen LogP contribution in [0.25, 0.3) is 0 Å². The van der Waals surface area contributed by atoms with Crippen molar-refractivity contribution in [1.82, 2.24) is 9.71 Å². The number of anilines is 2. The first kappa shape index (κ1) is 21.1. The van der Waals surface area contributed by atoms with Crippen molar-refractivity contribution in [2.45, 2.75) is 0 Å². The number of halogens is 2. The van der Waals surface area contributed by atoms with Gasteiger partial charge in [0.1, 0.15) is 17.4 Å². The molecule has 0 aliphatic carbocycles. The Balaban J connectivity index is 1.67. The number of amides is 1. The molecule has 0 radical (unpaired) electrons. The van der Waals surface area contributed by atoms with Gasteiger partial charge in [0.2, 0.25) is 0 Å². The quantitative estimate of drug-likeness (QED) is 0.529. The molecule has 0 spiro atoms. The van der Waals surface area contributed by atoms with Gasteiger partial charge in [-0.25, -0.2) is 18.5 Å². The van der Waals surface area contributed by atoms with Gasteiger partial charge >= 0.3 is 0 Å². The molecule has 3 N–H and O–H groups in total. The predicted octanol–water partition coefficient (Wildman–Crippen LogP) is 3.28. The fourth-order valence-corrected chi connectivity index (χ4v) is 2.86. The second-order valence-corrected chi connectivity index (χ2v) is 7.52. The molecule has 1 aromatic heterocycles. The van der Waals surface area contributed by atoms with E-state index >= 15 is 0 Å². The SMILES string of the molecule is CNS(=O)(=O)Nc1cccc(C(=O)Nc2ccc(Oc3ccc(F)cc3F)cn2)c1. The third-order valence-electron chi connectivity index (χ3n) is 3.75. The molecule has 0 fully saturated rings. The van der Waals surface area contributed by atoms with Crippen LogP contribution in [-0.4, -0.2) is 26.4 Å². The first-order chi connectivity index (χ1) is 14.3. The van der Waals surface area contributed by atoms with Crippen molar-refractivity contribution in [1.29, 1.82) is 0 Å². The predicted molar refractivity (Wildman–Crippen MR) is 107 cm³/mol. The lowest BCUT2D eigenvalue weighted by Gasteiger charge is -2.10. The van der Waals surface area contributed by atoms with Gasteiger partial charge in [0.05, 0.1) is 11.9 Å². The lowest BCUT2D eigenvalue weighted by molar-refractivity contribution is 0.102. The maximum absolute atomic E-state index is 13.6. The number of rotatable bonds is 7. The molecule has 0 aliphatic heterocycles. The van der Waals surface area contributed by atoms with Crippen molar-refractivity contribution < 1.29 is 26.7 Å². The number of hydrogen-bond donors (Lipinski definition) is 3. The highest BCUT2D eigenvalue weighted by Gasteiger charge is 2.11. The van der Waals surface area contributed by atoms with Crippen molar-refractivity contribution in [2.75, 3.05) is 17.1 Å². The summed E-state index contributed by atoms with van der Waals surface area (Å²) in [4.78, 5) is 16.4. The average Bonchev–Trinajstić information content (AvgIpc) is 2.71. The van der Waals surface area contributed by atoms with Crippen LogP contribution in [0.1, 0.15) is 10.4 Å². The zero-order chi connectivity index (χ0) is 21.7. The van der Waals surface area contributed by atoms with Crippen LogP contribution in [-0.2, 0) is 10.2 Å². The lowest BCUT2D eigenvalue weighted by atomic mass is 10.2. The number of carbonyl (C=O) groups is 1. The fourth-order valence-electron chi connectivity index (χ4n) is 2.32. The van der Waals surface area contributed by atoms with Crippen LogP contribution >= 0.6 is 0 Å². The largest absolute Gasteiger partial charge is 0.453 e. The highest BCUT2D eigenvalue weighted by Crippen LogP contribution is 2.25. The van der Waals surface area contributed by atoms with Crippen LogP contribution in [0, 0.1) is 11.6 Å². The zero-order valence-electron chi connectivity index (χ0n) is 15.5. The summed E-state index contributed by atoms with van der Waals surface area (Å²) >= 11 is 0. The summed E-state index contributed by atoms with van der Waals surface area (Å²) in [6.07, 6.45) is 1.26. The number of ether oxygens (including phenoxy) is 1. The minimum Gasteiger partial charge on any atom is -0.453 e. The van der Waals surface area contributed by atoms with E-state index in [-0.39, 0.29) is 28.6 Å². The Morgan fingerprint density at radius 3 is 2.53 bits per heavy atom. The number of hydrogen-bond acceptors (Lipinski definition) is 5. The fraction of sp³-hybridized carbons (Fsp3) is 0.0526. The third-order valence-corrected chi connectivity index (χ3v) is 4.79. The van der Waals surface area contributed by atoms with Gasteiger partial charge in [-0.3, -0.25) is 9.52 Å². The number of benzene rings is 2. The maximum atomic E-state index is 13.6. The minimum atomic E-state index is -3.72. The maximum Gasteiger partial charge on any atom is 0.298 e. The van der Waals surface area contributed by atoms with Crippen molar-refractivity contribution >= 4 is 27.6 Å². The number of nitrogens with zero attached hydrogens (tertiary/aromatic N) is 1. The molecule has 30 heavy (non-hydrogen) atoms. The number of nitrogens with one attached hydrogen (secondary N) is 3. The molecule has 0 saturated heterocycles. The van der Waals surface area contributed by atoms with Crippen LogP contribution < -0.4 is 19.5 Å². The summed E-state index contributed by atoms with van der Waals surface area (Å²) in [6.45, 7) is 0. The molecule has 0 atom stereocenters. The molecule has 156 valence electrons. The molecule has 1 amide bonds. The standard InChI is InChI=1S/C19H16F2N4O4S/c1-22-30(27,28)25-14-4-2-3-12(9-14)19(26)24-18-8-6-15(11-23-18)29-17-7-5-13(20)10-16(17)21/h2-11,22,25H,1H3,(H,23,24,26). The first-order valence-electron chi connectivity index (χ1n) is 8.47. The van der Waals surface area contributed by atoms with Gasteiger partial charge in [0.15, 0.2) is 11.6 Å². The van der Waals surface area contributed by atoms with Gasteiger partial charge in [-0.05, 0) is 42.5 Å². The monoisotopic (exact) mass is 434 g/mol. The van der Waals surface area contributed by atoms with E-state index in [1.165, 1.54) is 49.6 Å². The average molecular weight is 434 g/mol. The van der Waals surface area contributed by atoms with Crippen LogP contribution in [0.4, 0.5) is 20.3 Å². The molecule has 0 bridgehead atoms. The Hall–Kier alpha value is -3.57. The lowest BCUT2D eigenvalue weighted by Crippen LogP contribution is -2.26. The Morgan fingerprint density at radius 1 is 1.07 bits per heavy atom. The molecule has 3 rings (SSSR count). The van der Waals surface area contributed by atoms with Crippen LogP contribution in [0.3, 0.4) is 0 Å². The molecular weight excluding hydrogens is 418 g/mol. The zero-order valence-corrected chi connectivity index (χ0v) is 16.3. The second kappa shape index (κ2) is 8.84. The number of aromatic nitrogens is 1. The number of pyridine rings is 1. The van der Waals surface area contributed by atoms with Crippen molar-refractivity contribution in [2.24, 2.45) is 0 Å². The first-order valence-corrected chi connectivity index (χ1v) is 9.96. The summed E-state index contributed by atoms with van der Waals surface area (Å²) in [5.74, 6) is -1.91. The number of carbonyl (C=O) groups excluding carboxylic acids is 1. The normalized spacial score (nSPS) is 11.0. The third kappa shape index (κ3) is 5.49. The van der Waals surface area contributed by atoms with E-state index in [1.54, 1.807) is 0 Å². The Bertz CT molecular complexity index is 1170. The molecule has 1 heterocycles. The van der Waals surface area contributed by atoms with Crippen molar-refractivity contribution in [3.8, 4) is 11.5 Å². The van der Waals surface area contributed by atoms with E-state index < -0.39 is 27.8 Å². The summed E-state index contributed by atoms with van der Waals surface area (Å²) in [5.41, 5.74) is 0.400. The van der Waals surface area contributed by atoms with E-state index in [2.05, 4.69) is 19.7 Å². The van der Waals surface area contributed by atoms with Crippen LogP contribution in [0.5, 0.6) is 11.5 Å². The molecule has 11 heteroatoms. The van der Waals surface area contributed by atoms with E-state index in [0.717, 1.165) is 12.1 Å². The van der Waals surface area contributed by atoms with Crippen LogP contribution in [0.2, 0.25) is 0 Å². The summed E-state index contributed by atoms with van der Waals surface area (Å²) in [7, 11) is -2.46. The smallest absolute Gasteiger partial charge is 0.298 e. The highest BCUT2D eigenvalue weighted by molar-refractivity contribution is 7.90. The van der Waals surface area contributed by atoms with Crippen LogP contribution in [0.15, 0.2) is 60.8 Å². The molecule has 0 aliphatic rings. The van der Waals surface area contributed by atoms with Gasteiger partial charge in [-0.15, -0.1) is 0 Å². The van der Waals surface area contributed by atoms with Crippen molar-refractivity contribution in [3.63, 3.8) is 0 Å². The highest BCUT2D eigenvalue weighted by atomic mass is 32.2. The summed E-state index contributed by atoms with van der Waals surface area (Å²) in [6, 6.07) is 11.7. The van der Waals surface area contributed by atoms with Gasteiger partial charge in [-0.1, -0.05) is 6.07 Å². The molecule has 8 nitrogen and oxygen atoms in total. The van der Waals surface area contributed by atoms with E-state index in [4.69, 9.17) is 4.74 Å². The molecule has 3 aromatic rings. The van der Waals surface area contributed by atoms with Crippen molar-refractivity contribution in [3.05, 3.63) is 78.0 Å². The molecular formula is C19H16F2N4O4S. The van der Waals surface area contributed by atoms with E-state index in [0.29, 0.717) is 6.07 Å². The van der Waals surface area contributed by atoms with Gasteiger partial charge in [0, 0.05) is 18.7 Å². The molecule has 0 unspecified atom stereocenters. The molecule has 2 aromatic carbocycles. The topological polar surface area (TPSA) is 109 Å². The van der Waals surface area contributed by atoms with E-state index in [1.807, 2.05) is 0 Å². The summed E-state index contributed by atoms with van der Waals surface area (Å²) < 4.78 is 59.4. The Morgan fingerprint density at radius 2 is 1.87 bits per heavy atom. The Kier molecular flexibility index (Phi) is 6.23. The second-order valence-electron chi connectivity index (χ2n) is 5.90. The Labute approximate surface area is 171 Å². The minimum absolute atomic E-state index is 0.171.